The molecule has 1 aliphatic rings. The summed E-state index contributed by atoms with van der Waals surface area (Å²) in [5, 5.41) is 9.28. The number of hydrogen-bond acceptors (Lipinski definition) is 2. The molecule has 1 saturated carbocycles. The van der Waals surface area contributed by atoms with E-state index in [2.05, 4.69) is 19.1 Å². The Hall–Kier alpha value is -0.630. The molecule has 1 aromatic carbocycles. The summed E-state index contributed by atoms with van der Waals surface area (Å²) in [6, 6.07) is 7.80. The Morgan fingerprint density at radius 1 is 1.27 bits per heavy atom. The SMILES string of the molecule is CCSCC1(c2ccc(O)cc2)CCC1. The predicted molar refractivity (Wildman–Crippen MR) is 66.6 cm³/mol. The zero-order valence-corrected chi connectivity index (χ0v) is 10.0. The number of rotatable bonds is 4. The van der Waals surface area contributed by atoms with Crippen LogP contribution in [0.5, 0.6) is 5.75 Å². The lowest BCUT2D eigenvalue weighted by Crippen LogP contribution is -2.36. The zero-order chi connectivity index (χ0) is 10.7. The second kappa shape index (κ2) is 4.48. The number of hydrogen-bond donors (Lipinski definition) is 1. The predicted octanol–water partition coefficient (Wildman–Crippen LogP) is 3.57. The molecule has 2 rings (SSSR count). The van der Waals surface area contributed by atoms with Crippen LogP contribution in [0.4, 0.5) is 0 Å². The highest BCUT2D eigenvalue weighted by atomic mass is 32.2. The Morgan fingerprint density at radius 3 is 2.40 bits per heavy atom. The number of phenolic OH excluding ortho intramolecular Hbond substituents is 1. The van der Waals surface area contributed by atoms with Gasteiger partial charge in [0.25, 0.3) is 0 Å². The van der Waals surface area contributed by atoms with Crippen LogP contribution in [-0.4, -0.2) is 16.6 Å². The maximum absolute atomic E-state index is 9.28. The number of thioether (sulfide) groups is 1. The largest absolute Gasteiger partial charge is 0.508 e. The molecular weight excluding hydrogens is 204 g/mol. The van der Waals surface area contributed by atoms with Crippen LogP contribution in [0.1, 0.15) is 31.7 Å². The third-order valence-corrected chi connectivity index (χ3v) is 4.54. The van der Waals surface area contributed by atoms with Crippen LogP contribution in [0.25, 0.3) is 0 Å². The van der Waals surface area contributed by atoms with E-state index < -0.39 is 0 Å². The summed E-state index contributed by atoms with van der Waals surface area (Å²) in [6.45, 7) is 2.22. The van der Waals surface area contributed by atoms with Gasteiger partial charge < -0.3 is 5.11 Å². The van der Waals surface area contributed by atoms with Crippen molar-refractivity contribution in [3.8, 4) is 5.75 Å². The molecule has 0 atom stereocenters. The lowest BCUT2D eigenvalue weighted by Gasteiger charge is -2.42. The van der Waals surface area contributed by atoms with Crippen molar-refractivity contribution in [2.24, 2.45) is 0 Å². The van der Waals surface area contributed by atoms with Gasteiger partial charge in [0.05, 0.1) is 0 Å². The maximum atomic E-state index is 9.28. The fourth-order valence-electron chi connectivity index (χ4n) is 2.23. The molecule has 0 aromatic heterocycles. The molecule has 0 amide bonds. The molecule has 0 unspecified atom stereocenters. The first-order valence-corrected chi connectivity index (χ1v) is 6.79. The van der Waals surface area contributed by atoms with Gasteiger partial charge in [-0.2, -0.15) is 11.8 Å². The van der Waals surface area contributed by atoms with Gasteiger partial charge in [0.1, 0.15) is 5.75 Å². The third kappa shape index (κ3) is 2.15. The molecule has 0 saturated heterocycles. The molecule has 0 radical (unpaired) electrons. The highest BCUT2D eigenvalue weighted by Crippen LogP contribution is 2.46. The maximum Gasteiger partial charge on any atom is 0.115 e. The fraction of sp³-hybridized carbons (Fsp3) is 0.538. The van der Waals surface area contributed by atoms with Crippen LogP contribution >= 0.6 is 11.8 Å². The van der Waals surface area contributed by atoms with E-state index in [1.165, 1.54) is 36.3 Å². The highest BCUT2D eigenvalue weighted by Gasteiger charge is 2.38. The Balaban J connectivity index is 2.14. The van der Waals surface area contributed by atoms with E-state index in [9.17, 15) is 5.11 Å². The molecule has 0 aliphatic heterocycles. The van der Waals surface area contributed by atoms with Crippen LogP contribution < -0.4 is 0 Å². The fourth-order valence-corrected chi connectivity index (χ4v) is 3.28. The van der Waals surface area contributed by atoms with Crippen molar-refractivity contribution in [1.82, 2.24) is 0 Å². The van der Waals surface area contributed by atoms with E-state index in [0.717, 1.165) is 0 Å². The minimum absolute atomic E-state index is 0.372. The average molecular weight is 222 g/mol. The molecule has 0 heterocycles. The summed E-state index contributed by atoms with van der Waals surface area (Å²) < 4.78 is 0. The van der Waals surface area contributed by atoms with E-state index in [0.29, 0.717) is 11.2 Å². The van der Waals surface area contributed by atoms with E-state index in [1.54, 1.807) is 0 Å². The Kier molecular flexibility index (Phi) is 3.25. The molecule has 1 fully saturated rings. The van der Waals surface area contributed by atoms with E-state index in [-0.39, 0.29) is 0 Å². The van der Waals surface area contributed by atoms with Crippen LogP contribution in [-0.2, 0) is 5.41 Å². The smallest absolute Gasteiger partial charge is 0.115 e. The van der Waals surface area contributed by atoms with Crippen molar-refractivity contribution in [2.45, 2.75) is 31.6 Å². The Labute approximate surface area is 95.9 Å². The minimum atomic E-state index is 0.372. The summed E-state index contributed by atoms with van der Waals surface area (Å²) in [7, 11) is 0. The summed E-state index contributed by atoms with van der Waals surface area (Å²) in [6.07, 6.45) is 3.97. The van der Waals surface area contributed by atoms with Gasteiger partial charge >= 0.3 is 0 Å². The Morgan fingerprint density at radius 2 is 1.93 bits per heavy atom. The van der Waals surface area contributed by atoms with Gasteiger partial charge in [-0.1, -0.05) is 25.5 Å². The number of benzene rings is 1. The van der Waals surface area contributed by atoms with Gasteiger partial charge in [-0.25, -0.2) is 0 Å². The van der Waals surface area contributed by atoms with Crippen LogP contribution in [0.3, 0.4) is 0 Å². The molecule has 15 heavy (non-hydrogen) atoms. The van der Waals surface area contributed by atoms with Crippen LogP contribution in [0, 0.1) is 0 Å². The quantitative estimate of drug-likeness (QED) is 0.840. The van der Waals surface area contributed by atoms with Crippen molar-refractivity contribution in [3.63, 3.8) is 0 Å². The van der Waals surface area contributed by atoms with Crippen molar-refractivity contribution in [2.75, 3.05) is 11.5 Å². The topological polar surface area (TPSA) is 20.2 Å². The average Bonchev–Trinajstić information content (AvgIpc) is 2.19. The minimum Gasteiger partial charge on any atom is -0.508 e. The van der Waals surface area contributed by atoms with E-state index >= 15 is 0 Å². The molecule has 82 valence electrons. The zero-order valence-electron chi connectivity index (χ0n) is 9.20. The lowest BCUT2D eigenvalue weighted by atomic mass is 9.66. The van der Waals surface area contributed by atoms with Crippen molar-refractivity contribution in [3.05, 3.63) is 29.8 Å². The summed E-state index contributed by atoms with van der Waals surface area (Å²) in [5.74, 6) is 2.80. The monoisotopic (exact) mass is 222 g/mol. The summed E-state index contributed by atoms with van der Waals surface area (Å²) in [5.41, 5.74) is 1.82. The summed E-state index contributed by atoms with van der Waals surface area (Å²) >= 11 is 2.03. The molecular formula is C13H18OS. The van der Waals surface area contributed by atoms with Crippen molar-refractivity contribution >= 4 is 11.8 Å². The molecule has 1 aromatic rings. The lowest BCUT2D eigenvalue weighted by molar-refractivity contribution is 0.278. The molecule has 0 spiro atoms. The highest BCUT2D eigenvalue weighted by molar-refractivity contribution is 7.99. The van der Waals surface area contributed by atoms with Crippen molar-refractivity contribution < 1.29 is 5.11 Å². The standard InChI is InChI=1S/C13H18OS/c1-2-15-10-13(8-3-9-13)11-4-6-12(14)7-5-11/h4-7,14H,2-3,8-10H2,1H3. The number of aromatic hydroxyl groups is 1. The van der Waals surface area contributed by atoms with Gasteiger partial charge in [-0.15, -0.1) is 0 Å². The second-order valence-corrected chi connectivity index (χ2v) is 5.59. The third-order valence-electron chi connectivity index (χ3n) is 3.37. The molecule has 1 N–H and O–H groups in total. The molecule has 1 nitrogen and oxygen atoms in total. The van der Waals surface area contributed by atoms with Crippen LogP contribution in [0.2, 0.25) is 0 Å². The normalized spacial score (nSPS) is 18.5. The van der Waals surface area contributed by atoms with Gasteiger partial charge in [-0.05, 0) is 36.3 Å². The molecule has 0 bridgehead atoms. The van der Waals surface area contributed by atoms with Gasteiger partial charge in [0, 0.05) is 11.2 Å². The van der Waals surface area contributed by atoms with Gasteiger partial charge in [0.15, 0.2) is 0 Å². The molecule has 1 aliphatic carbocycles. The van der Waals surface area contributed by atoms with Crippen molar-refractivity contribution in [1.29, 1.82) is 0 Å². The van der Waals surface area contributed by atoms with E-state index in [1.807, 2.05) is 23.9 Å². The van der Waals surface area contributed by atoms with Gasteiger partial charge in [0.2, 0.25) is 0 Å². The van der Waals surface area contributed by atoms with E-state index in [4.69, 9.17) is 0 Å². The van der Waals surface area contributed by atoms with Gasteiger partial charge in [-0.3, -0.25) is 0 Å². The summed E-state index contributed by atoms with van der Waals surface area (Å²) in [4.78, 5) is 0. The molecule has 2 heteroatoms. The van der Waals surface area contributed by atoms with Crippen LogP contribution in [0.15, 0.2) is 24.3 Å². The first-order chi connectivity index (χ1) is 7.27. The first-order valence-electron chi connectivity index (χ1n) is 5.64. The number of phenols is 1. The first kappa shape index (κ1) is 10.9. The Bertz CT molecular complexity index is 314. The second-order valence-electron chi connectivity index (χ2n) is 4.32.